The van der Waals surface area contributed by atoms with E-state index in [-0.39, 0.29) is 17.9 Å². The standard InChI is InChI=1S/C23H30N2O4/c1-28-20-8-7-18(11-21(20)29-19-5-3-2-4-6-19)23(14-24)12-16-9-15(22(26)25-27)10-17(16)13-23/h7-8,11,15-17,19,27H,2-6,9-10,12-13H2,1H3,(H,25,26)/t15?,16-,17+,23?. The lowest BCUT2D eigenvalue weighted by atomic mass is 9.77. The second kappa shape index (κ2) is 8.23. The Bertz CT molecular complexity index is 783. The number of hydrogen-bond donors (Lipinski definition) is 2. The van der Waals surface area contributed by atoms with Crippen LogP contribution in [-0.4, -0.2) is 24.3 Å². The van der Waals surface area contributed by atoms with Crippen molar-refractivity contribution in [2.45, 2.75) is 69.3 Å². The molecule has 6 heteroatoms. The van der Waals surface area contributed by atoms with Crippen LogP contribution < -0.4 is 15.0 Å². The predicted octanol–water partition coefficient (Wildman–Crippen LogP) is 4.11. The minimum atomic E-state index is -0.549. The van der Waals surface area contributed by atoms with Gasteiger partial charge in [-0.25, -0.2) is 5.48 Å². The largest absolute Gasteiger partial charge is 0.493 e. The topological polar surface area (TPSA) is 91.6 Å². The molecule has 6 nitrogen and oxygen atoms in total. The van der Waals surface area contributed by atoms with E-state index in [1.165, 1.54) is 19.3 Å². The van der Waals surface area contributed by atoms with E-state index in [1.54, 1.807) is 12.6 Å². The molecule has 156 valence electrons. The predicted molar refractivity (Wildman–Crippen MR) is 107 cm³/mol. The van der Waals surface area contributed by atoms with Crippen LogP contribution in [0, 0.1) is 29.1 Å². The van der Waals surface area contributed by atoms with Gasteiger partial charge in [0.05, 0.1) is 24.7 Å². The summed E-state index contributed by atoms with van der Waals surface area (Å²) in [7, 11) is 1.65. The molecule has 2 unspecified atom stereocenters. The van der Waals surface area contributed by atoms with Gasteiger partial charge < -0.3 is 9.47 Å². The van der Waals surface area contributed by atoms with Crippen molar-refractivity contribution in [2.75, 3.05) is 7.11 Å². The van der Waals surface area contributed by atoms with Crippen LogP contribution in [0.3, 0.4) is 0 Å². The third-order valence-corrected chi connectivity index (χ3v) is 7.32. The number of ether oxygens (including phenoxy) is 2. The van der Waals surface area contributed by atoms with Gasteiger partial charge in [0.2, 0.25) is 5.91 Å². The molecular formula is C23H30N2O4. The van der Waals surface area contributed by atoms with Crippen LogP contribution in [-0.2, 0) is 10.2 Å². The van der Waals surface area contributed by atoms with Gasteiger partial charge in [0.1, 0.15) is 0 Å². The lowest BCUT2D eigenvalue weighted by Crippen LogP contribution is -2.28. The monoisotopic (exact) mass is 398 g/mol. The Morgan fingerprint density at radius 1 is 1.17 bits per heavy atom. The molecule has 1 amide bonds. The number of hydrogen-bond acceptors (Lipinski definition) is 5. The first-order valence-corrected chi connectivity index (χ1v) is 10.8. The molecule has 0 saturated heterocycles. The molecule has 4 atom stereocenters. The Kier molecular flexibility index (Phi) is 5.69. The number of amides is 1. The van der Waals surface area contributed by atoms with Crippen molar-refractivity contribution in [1.82, 2.24) is 5.48 Å². The lowest BCUT2D eigenvalue weighted by molar-refractivity contribution is -0.133. The highest BCUT2D eigenvalue weighted by molar-refractivity contribution is 5.77. The Labute approximate surface area is 172 Å². The molecule has 0 aliphatic heterocycles. The van der Waals surface area contributed by atoms with Crippen LogP contribution in [0.5, 0.6) is 11.5 Å². The maximum Gasteiger partial charge on any atom is 0.246 e. The summed E-state index contributed by atoms with van der Waals surface area (Å²) in [4.78, 5) is 11.8. The zero-order valence-corrected chi connectivity index (χ0v) is 17.0. The summed E-state index contributed by atoms with van der Waals surface area (Å²) >= 11 is 0. The average molecular weight is 399 g/mol. The van der Waals surface area contributed by atoms with Crippen molar-refractivity contribution >= 4 is 5.91 Å². The van der Waals surface area contributed by atoms with Crippen LogP contribution in [0.1, 0.15) is 63.4 Å². The van der Waals surface area contributed by atoms with Crippen LogP contribution in [0.4, 0.5) is 0 Å². The van der Waals surface area contributed by atoms with Gasteiger partial charge in [-0.05, 0) is 80.9 Å². The molecule has 0 aromatic heterocycles. The van der Waals surface area contributed by atoms with Crippen molar-refractivity contribution in [1.29, 1.82) is 5.26 Å². The molecule has 3 aliphatic rings. The first kappa shape index (κ1) is 20.0. The highest BCUT2D eigenvalue weighted by atomic mass is 16.5. The molecule has 0 bridgehead atoms. The highest BCUT2D eigenvalue weighted by Crippen LogP contribution is 2.56. The normalized spacial score (nSPS) is 31.7. The second-order valence-electron chi connectivity index (χ2n) is 9.01. The molecule has 3 saturated carbocycles. The van der Waals surface area contributed by atoms with Crippen molar-refractivity contribution in [3.8, 4) is 17.6 Å². The summed E-state index contributed by atoms with van der Waals surface area (Å²) in [5.74, 6) is 1.68. The molecule has 3 fully saturated rings. The minimum absolute atomic E-state index is 0.146. The molecule has 2 N–H and O–H groups in total. The van der Waals surface area contributed by atoms with E-state index < -0.39 is 5.41 Å². The number of methoxy groups -OCH3 is 1. The summed E-state index contributed by atoms with van der Waals surface area (Å²) in [5.41, 5.74) is 2.23. The number of hydroxylamine groups is 1. The highest BCUT2D eigenvalue weighted by Gasteiger charge is 2.52. The van der Waals surface area contributed by atoms with Gasteiger partial charge >= 0.3 is 0 Å². The summed E-state index contributed by atoms with van der Waals surface area (Å²) in [6.45, 7) is 0. The fourth-order valence-electron chi connectivity index (χ4n) is 5.82. The fraction of sp³-hybridized carbons (Fsp3) is 0.652. The van der Waals surface area contributed by atoms with Crippen molar-refractivity contribution in [3.05, 3.63) is 23.8 Å². The smallest absolute Gasteiger partial charge is 0.246 e. The van der Waals surface area contributed by atoms with Gasteiger partial charge in [-0.2, -0.15) is 5.26 Å². The van der Waals surface area contributed by atoms with E-state index >= 15 is 0 Å². The van der Waals surface area contributed by atoms with Crippen LogP contribution in [0.15, 0.2) is 18.2 Å². The molecule has 0 spiro atoms. The van der Waals surface area contributed by atoms with E-state index in [9.17, 15) is 10.1 Å². The van der Waals surface area contributed by atoms with Crippen LogP contribution >= 0.6 is 0 Å². The Hall–Kier alpha value is -2.26. The number of nitrogens with zero attached hydrogens (tertiary/aromatic N) is 1. The molecule has 1 aromatic rings. The molecule has 0 heterocycles. The van der Waals surface area contributed by atoms with E-state index in [2.05, 4.69) is 6.07 Å². The van der Waals surface area contributed by atoms with Gasteiger partial charge in [-0.15, -0.1) is 0 Å². The first-order chi connectivity index (χ1) is 14.1. The number of carbonyl (C=O) groups excluding carboxylic acids is 1. The van der Waals surface area contributed by atoms with E-state index in [0.717, 1.165) is 49.8 Å². The number of carbonyl (C=O) groups is 1. The number of rotatable bonds is 5. The number of nitrogens with one attached hydrogen (secondary N) is 1. The summed E-state index contributed by atoms with van der Waals surface area (Å²) in [5, 5.41) is 19.1. The van der Waals surface area contributed by atoms with Crippen molar-refractivity contribution < 1.29 is 19.5 Å². The molecule has 1 aromatic carbocycles. The number of fused-ring (bicyclic) bond motifs is 1. The Balaban J connectivity index is 1.55. The molecule has 3 aliphatic carbocycles. The van der Waals surface area contributed by atoms with Crippen molar-refractivity contribution in [3.63, 3.8) is 0 Å². The first-order valence-electron chi connectivity index (χ1n) is 10.8. The summed E-state index contributed by atoms with van der Waals surface area (Å²) in [6.07, 6.45) is 8.98. The zero-order valence-electron chi connectivity index (χ0n) is 17.0. The summed E-state index contributed by atoms with van der Waals surface area (Å²) in [6, 6.07) is 8.53. The third-order valence-electron chi connectivity index (χ3n) is 7.32. The van der Waals surface area contributed by atoms with Crippen LogP contribution in [0.2, 0.25) is 0 Å². The zero-order chi connectivity index (χ0) is 20.4. The van der Waals surface area contributed by atoms with Gasteiger partial charge in [0, 0.05) is 5.92 Å². The van der Waals surface area contributed by atoms with E-state index in [0.29, 0.717) is 17.6 Å². The Morgan fingerprint density at radius 3 is 2.45 bits per heavy atom. The minimum Gasteiger partial charge on any atom is -0.493 e. The van der Waals surface area contributed by atoms with Crippen LogP contribution in [0.25, 0.3) is 0 Å². The van der Waals surface area contributed by atoms with Crippen molar-refractivity contribution in [2.24, 2.45) is 17.8 Å². The van der Waals surface area contributed by atoms with E-state index in [1.807, 2.05) is 18.2 Å². The third kappa shape index (κ3) is 3.81. The number of nitriles is 1. The molecule has 4 rings (SSSR count). The van der Waals surface area contributed by atoms with Gasteiger partial charge in [-0.3, -0.25) is 10.0 Å². The van der Waals surface area contributed by atoms with Gasteiger partial charge in [-0.1, -0.05) is 12.5 Å². The van der Waals surface area contributed by atoms with Gasteiger partial charge in [0.25, 0.3) is 0 Å². The SMILES string of the molecule is COc1ccc(C2(C#N)C[C@H]3CC(C(=O)NO)C[C@H]3C2)cc1OC1CCCCC1. The average Bonchev–Trinajstić information content (AvgIpc) is 3.31. The number of benzene rings is 1. The fourth-order valence-corrected chi connectivity index (χ4v) is 5.82. The molecule has 0 radical (unpaired) electrons. The summed E-state index contributed by atoms with van der Waals surface area (Å²) < 4.78 is 11.8. The molecular weight excluding hydrogens is 368 g/mol. The van der Waals surface area contributed by atoms with E-state index in [4.69, 9.17) is 14.7 Å². The Morgan fingerprint density at radius 2 is 1.86 bits per heavy atom. The van der Waals surface area contributed by atoms with Gasteiger partial charge in [0.15, 0.2) is 11.5 Å². The second-order valence-corrected chi connectivity index (χ2v) is 9.01. The lowest BCUT2D eigenvalue weighted by Gasteiger charge is -2.27. The quantitative estimate of drug-likeness (QED) is 0.575. The maximum absolute atomic E-state index is 11.8. The maximum atomic E-state index is 11.8. The molecule has 29 heavy (non-hydrogen) atoms.